The molecule has 1 aliphatic heterocycles. The van der Waals surface area contributed by atoms with E-state index in [-0.39, 0.29) is 12.6 Å². The summed E-state index contributed by atoms with van der Waals surface area (Å²) in [4.78, 5) is 12.7. The number of aryl methyl sites for hydroxylation is 2. The van der Waals surface area contributed by atoms with Gasteiger partial charge in [0.1, 0.15) is 19.8 Å². The second kappa shape index (κ2) is 8.32. The zero-order valence-electron chi connectivity index (χ0n) is 17.1. The molecule has 0 radical (unpaired) electrons. The number of anilines is 1. The van der Waals surface area contributed by atoms with E-state index < -0.39 is 15.9 Å². The van der Waals surface area contributed by atoms with Gasteiger partial charge in [-0.3, -0.25) is 9.10 Å². The van der Waals surface area contributed by atoms with Gasteiger partial charge in [0.15, 0.2) is 11.5 Å². The molecule has 2 aromatic rings. The van der Waals surface area contributed by atoms with Gasteiger partial charge in [0, 0.05) is 6.07 Å². The molecule has 0 saturated heterocycles. The van der Waals surface area contributed by atoms with Crippen LogP contribution in [0.5, 0.6) is 11.5 Å². The Morgan fingerprint density at radius 2 is 1.79 bits per heavy atom. The van der Waals surface area contributed by atoms with Crippen molar-refractivity contribution in [3.05, 3.63) is 53.1 Å². The van der Waals surface area contributed by atoms with Crippen molar-refractivity contribution in [2.45, 2.75) is 26.8 Å². The smallest absolute Gasteiger partial charge is 0.241 e. The van der Waals surface area contributed by atoms with Crippen LogP contribution in [0, 0.1) is 13.8 Å². The minimum Gasteiger partial charge on any atom is -0.486 e. The molecule has 0 bridgehead atoms. The molecule has 0 spiro atoms. The van der Waals surface area contributed by atoms with Crippen LogP contribution < -0.4 is 19.1 Å². The number of amides is 1. The van der Waals surface area contributed by atoms with E-state index in [1.165, 1.54) is 0 Å². The van der Waals surface area contributed by atoms with E-state index >= 15 is 0 Å². The van der Waals surface area contributed by atoms with Gasteiger partial charge in [0.2, 0.25) is 15.9 Å². The van der Waals surface area contributed by atoms with Crippen molar-refractivity contribution >= 4 is 21.6 Å². The van der Waals surface area contributed by atoms with Gasteiger partial charge in [-0.05, 0) is 44.0 Å². The van der Waals surface area contributed by atoms with Crippen molar-refractivity contribution < 1.29 is 22.7 Å². The Hall–Kier alpha value is -2.74. The lowest BCUT2D eigenvalue weighted by atomic mass is 10.0. The molecule has 0 aromatic heterocycles. The number of nitrogens with zero attached hydrogens (tertiary/aromatic N) is 1. The Kier molecular flexibility index (Phi) is 6.02. The standard InChI is InChI=1S/C21H26N2O5S/c1-14-5-7-18(15(2)11-14)16(3)22-21(24)13-23(29(4,25)26)17-6-8-19-20(12-17)28-10-9-27-19/h5-8,11-12,16H,9-10,13H2,1-4H3,(H,22,24). The van der Waals surface area contributed by atoms with Crippen LogP contribution in [0.1, 0.15) is 29.7 Å². The third-order valence-electron chi connectivity index (χ3n) is 4.77. The summed E-state index contributed by atoms with van der Waals surface area (Å²) in [5.41, 5.74) is 3.57. The number of benzene rings is 2. The van der Waals surface area contributed by atoms with Crippen LogP contribution in [0.15, 0.2) is 36.4 Å². The molecule has 1 N–H and O–H groups in total. The van der Waals surface area contributed by atoms with Gasteiger partial charge in [-0.2, -0.15) is 0 Å². The fourth-order valence-corrected chi connectivity index (χ4v) is 4.24. The number of nitrogens with one attached hydrogen (secondary N) is 1. The topological polar surface area (TPSA) is 84.9 Å². The van der Waals surface area contributed by atoms with E-state index in [4.69, 9.17) is 9.47 Å². The molecule has 8 heteroatoms. The van der Waals surface area contributed by atoms with E-state index in [1.807, 2.05) is 32.9 Å². The number of carbonyl (C=O) groups is 1. The fraction of sp³-hybridized carbons (Fsp3) is 0.381. The summed E-state index contributed by atoms with van der Waals surface area (Å²) in [5.74, 6) is 0.630. The quantitative estimate of drug-likeness (QED) is 0.780. The van der Waals surface area contributed by atoms with Crippen LogP contribution in [-0.2, 0) is 14.8 Å². The second-order valence-corrected chi connectivity index (χ2v) is 9.15. The maximum Gasteiger partial charge on any atom is 0.241 e. The first-order valence-electron chi connectivity index (χ1n) is 9.39. The van der Waals surface area contributed by atoms with Gasteiger partial charge >= 0.3 is 0 Å². The monoisotopic (exact) mass is 418 g/mol. The van der Waals surface area contributed by atoms with Crippen LogP contribution in [0.2, 0.25) is 0 Å². The molecule has 1 aliphatic rings. The third kappa shape index (κ3) is 5.00. The van der Waals surface area contributed by atoms with E-state index in [9.17, 15) is 13.2 Å². The zero-order chi connectivity index (χ0) is 21.2. The van der Waals surface area contributed by atoms with Crippen LogP contribution in [0.25, 0.3) is 0 Å². The minimum atomic E-state index is -3.68. The predicted octanol–water partition coefficient (Wildman–Crippen LogP) is 2.72. The van der Waals surface area contributed by atoms with Crippen molar-refractivity contribution in [3.63, 3.8) is 0 Å². The van der Waals surface area contributed by atoms with Crippen molar-refractivity contribution in [3.8, 4) is 11.5 Å². The molecule has 1 atom stereocenters. The molecule has 7 nitrogen and oxygen atoms in total. The Morgan fingerprint density at radius 3 is 2.45 bits per heavy atom. The van der Waals surface area contributed by atoms with Gasteiger partial charge in [-0.15, -0.1) is 0 Å². The molecule has 1 heterocycles. The Morgan fingerprint density at radius 1 is 1.10 bits per heavy atom. The summed E-state index contributed by atoms with van der Waals surface area (Å²) in [6.45, 7) is 6.39. The van der Waals surface area contributed by atoms with Gasteiger partial charge in [0.05, 0.1) is 18.0 Å². The number of rotatable bonds is 6. The van der Waals surface area contributed by atoms with Crippen LogP contribution in [0.3, 0.4) is 0 Å². The SMILES string of the molecule is Cc1ccc(C(C)NC(=O)CN(c2ccc3c(c2)OCCO3)S(C)(=O)=O)c(C)c1. The molecule has 156 valence electrons. The minimum absolute atomic E-state index is 0.246. The summed E-state index contributed by atoms with van der Waals surface area (Å²) >= 11 is 0. The first-order chi connectivity index (χ1) is 13.6. The molecule has 0 aliphatic carbocycles. The van der Waals surface area contributed by atoms with Gasteiger partial charge in [-0.25, -0.2) is 8.42 Å². The third-order valence-corrected chi connectivity index (χ3v) is 5.91. The van der Waals surface area contributed by atoms with Crippen molar-refractivity contribution in [1.82, 2.24) is 5.32 Å². The highest BCUT2D eigenvalue weighted by Gasteiger charge is 2.24. The molecular formula is C21H26N2O5S. The van der Waals surface area contributed by atoms with Crippen LogP contribution in [0.4, 0.5) is 5.69 Å². The summed E-state index contributed by atoms with van der Waals surface area (Å²) in [6, 6.07) is 10.6. The molecule has 29 heavy (non-hydrogen) atoms. The lowest BCUT2D eigenvalue weighted by molar-refractivity contribution is -0.120. The molecule has 2 aromatic carbocycles. The van der Waals surface area contributed by atoms with E-state index in [0.29, 0.717) is 30.4 Å². The number of fused-ring (bicyclic) bond motifs is 1. The molecular weight excluding hydrogens is 392 g/mol. The Bertz CT molecular complexity index is 1020. The number of sulfonamides is 1. The maximum atomic E-state index is 12.7. The van der Waals surface area contributed by atoms with E-state index in [2.05, 4.69) is 11.4 Å². The fourth-order valence-electron chi connectivity index (χ4n) is 3.39. The highest BCUT2D eigenvalue weighted by atomic mass is 32.2. The van der Waals surface area contributed by atoms with E-state index in [0.717, 1.165) is 27.3 Å². The van der Waals surface area contributed by atoms with Gasteiger partial charge in [0.25, 0.3) is 0 Å². The maximum absolute atomic E-state index is 12.7. The van der Waals surface area contributed by atoms with Crippen molar-refractivity contribution in [2.75, 3.05) is 30.3 Å². The summed E-state index contributed by atoms with van der Waals surface area (Å²) < 4.78 is 36.8. The highest BCUT2D eigenvalue weighted by Crippen LogP contribution is 2.34. The summed E-state index contributed by atoms with van der Waals surface area (Å²) in [5, 5.41) is 2.89. The molecule has 0 saturated carbocycles. The normalized spacial score (nSPS) is 14.2. The zero-order valence-corrected chi connectivity index (χ0v) is 17.9. The first kappa shape index (κ1) is 21.0. The van der Waals surface area contributed by atoms with Crippen LogP contribution >= 0.6 is 0 Å². The molecule has 1 amide bonds. The summed E-state index contributed by atoms with van der Waals surface area (Å²) in [7, 11) is -3.68. The average Bonchev–Trinajstić information content (AvgIpc) is 2.64. The summed E-state index contributed by atoms with van der Waals surface area (Å²) in [6.07, 6.45) is 1.07. The average molecular weight is 419 g/mol. The van der Waals surface area contributed by atoms with Gasteiger partial charge < -0.3 is 14.8 Å². The lowest BCUT2D eigenvalue weighted by Gasteiger charge is -2.25. The van der Waals surface area contributed by atoms with E-state index in [1.54, 1.807) is 18.2 Å². The number of carbonyl (C=O) groups excluding carboxylic acids is 1. The molecule has 0 fully saturated rings. The number of ether oxygens (including phenoxy) is 2. The molecule has 3 rings (SSSR count). The first-order valence-corrected chi connectivity index (χ1v) is 11.2. The van der Waals surface area contributed by atoms with Crippen molar-refractivity contribution in [2.24, 2.45) is 0 Å². The lowest BCUT2D eigenvalue weighted by Crippen LogP contribution is -2.41. The number of hydrogen-bond acceptors (Lipinski definition) is 5. The van der Waals surface area contributed by atoms with Crippen molar-refractivity contribution in [1.29, 1.82) is 0 Å². The Balaban J connectivity index is 1.78. The predicted molar refractivity (Wildman–Crippen MR) is 112 cm³/mol. The Labute approximate surface area is 171 Å². The largest absolute Gasteiger partial charge is 0.486 e. The van der Waals surface area contributed by atoms with Gasteiger partial charge in [-0.1, -0.05) is 23.8 Å². The van der Waals surface area contributed by atoms with Crippen LogP contribution in [-0.4, -0.2) is 40.3 Å². The highest BCUT2D eigenvalue weighted by molar-refractivity contribution is 7.92. The second-order valence-electron chi connectivity index (χ2n) is 7.25. The number of hydrogen-bond donors (Lipinski definition) is 1. The molecule has 1 unspecified atom stereocenters.